The number of carbonyl (C=O) groups excluding carboxylic acids is 1. The molecule has 3 heteroatoms. The third-order valence-electron chi connectivity index (χ3n) is 2.94. The van der Waals surface area contributed by atoms with Crippen molar-refractivity contribution in [3.8, 4) is 0 Å². The van der Waals surface area contributed by atoms with Gasteiger partial charge in [-0.1, -0.05) is 32.8 Å². The Morgan fingerprint density at radius 1 is 1.12 bits per heavy atom. The first-order chi connectivity index (χ1) is 8.11. The van der Waals surface area contributed by atoms with Gasteiger partial charge in [0.05, 0.1) is 0 Å². The van der Waals surface area contributed by atoms with E-state index in [9.17, 15) is 4.79 Å². The summed E-state index contributed by atoms with van der Waals surface area (Å²) in [6.45, 7) is 9.58. The van der Waals surface area contributed by atoms with Gasteiger partial charge in [-0.05, 0) is 39.3 Å². The summed E-state index contributed by atoms with van der Waals surface area (Å²) in [7, 11) is 0. The molecule has 100 valence electrons. The van der Waals surface area contributed by atoms with Gasteiger partial charge in [0.15, 0.2) is 0 Å². The second-order valence-corrected chi connectivity index (χ2v) is 4.59. The number of carbonyl (C=O) groups is 1. The minimum absolute atomic E-state index is 0.307. The largest absolute Gasteiger partial charge is 0.366 e. The van der Waals surface area contributed by atoms with E-state index in [1.807, 2.05) is 6.08 Å². The molecular formula is C14H28N2O. The molecule has 0 bridgehead atoms. The highest BCUT2D eigenvalue weighted by Gasteiger charge is 2.03. The molecule has 0 fully saturated rings. The zero-order chi connectivity index (χ0) is 13.1. The summed E-state index contributed by atoms with van der Waals surface area (Å²) < 4.78 is 0. The number of amides is 1. The maximum Gasteiger partial charge on any atom is 0.244 e. The Morgan fingerprint density at radius 3 is 2.06 bits per heavy atom. The third kappa shape index (κ3) is 8.93. The van der Waals surface area contributed by atoms with Gasteiger partial charge in [0.1, 0.15) is 0 Å². The Kier molecular flexibility index (Phi) is 9.83. The smallest absolute Gasteiger partial charge is 0.244 e. The van der Waals surface area contributed by atoms with E-state index in [1.165, 1.54) is 38.8 Å². The first-order valence-corrected chi connectivity index (χ1v) is 6.80. The van der Waals surface area contributed by atoms with Gasteiger partial charge in [0.25, 0.3) is 0 Å². The average molecular weight is 240 g/mol. The van der Waals surface area contributed by atoms with Gasteiger partial charge in [-0.25, -0.2) is 0 Å². The minimum Gasteiger partial charge on any atom is -0.366 e. The van der Waals surface area contributed by atoms with Gasteiger partial charge >= 0.3 is 0 Å². The molecule has 0 aliphatic rings. The predicted octanol–water partition coefficient (Wildman–Crippen LogP) is 2.71. The summed E-state index contributed by atoms with van der Waals surface area (Å²) >= 11 is 0. The molecule has 0 saturated carbocycles. The van der Waals surface area contributed by atoms with E-state index in [1.54, 1.807) is 6.92 Å². The van der Waals surface area contributed by atoms with Gasteiger partial charge in [0.2, 0.25) is 5.91 Å². The number of nitrogens with two attached hydrogens (primary N) is 1. The molecule has 0 atom stereocenters. The Bertz CT molecular complexity index is 228. The molecule has 0 heterocycles. The zero-order valence-corrected chi connectivity index (χ0v) is 11.7. The Labute approximate surface area is 106 Å². The van der Waals surface area contributed by atoms with Crippen molar-refractivity contribution in [3.05, 3.63) is 11.6 Å². The summed E-state index contributed by atoms with van der Waals surface area (Å²) in [5.41, 5.74) is 5.87. The molecule has 0 aliphatic heterocycles. The first-order valence-electron chi connectivity index (χ1n) is 6.80. The summed E-state index contributed by atoms with van der Waals surface area (Å²) in [4.78, 5) is 13.3. The van der Waals surface area contributed by atoms with E-state index in [2.05, 4.69) is 18.7 Å². The molecule has 0 unspecified atom stereocenters. The van der Waals surface area contributed by atoms with Crippen LogP contribution in [-0.4, -0.2) is 30.4 Å². The van der Waals surface area contributed by atoms with Crippen LogP contribution in [0.4, 0.5) is 0 Å². The lowest BCUT2D eigenvalue weighted by molar-refractivity contribution is -0.114. The molecule has 0 aromatic heterocycles. The molecule has 2 N–H and O–H groups in total. The highest BCUT2D eigenvalue weighted by atomic mass is 16.1. The van der Waals surface area contributed by atoms with E-state index in [0.29, 0.717) is 5.57 Å². The molecule has 1 amide bonds. The van der Waals surface area contributed by atoms with E-state index in [-0.39, 0.29) is 5.91 Å². The van der Waals surface area contributed by atoms with Crippen LogP contribution in [-0.2, 0) is 4.79 Å². The van der Waals surface area contributed by atoms with E-state index >= 15 is 0 Å². The van der Waals surface area contributed by atoms with Crippen LogP contribution in [0.25, 0.3) is 0 Å². The fraction of sp³-hybridized carbons (Fsp3) is 0.786. The normalized spacial score (nSPS) is 12.1. The van der Waals surface area contributed by atoms with Crippen molar-refractivity contribution in [3.63, 3.8) is 0 Å². The van der Waals surface area contributed by atoms with Gasteiger partial charge in [-0.3, -0.25) is 4.79 Å². The van der Waals surface area contributed by atoms with E-state index in [4.69, 9.17) is 5.73 Å². The van der Waals surface area contributed by atoms with Crippen LogP contribution >= 0.6 is 0 Å². The zero-order valence-electron chi connectivity index (χ0n) is 11.7. The monoisotopic (exact) mass is 240 g/mol. The standard InChI is InChI=1S/C14H28N2O/c1-4-6-10-16(11-7-5-2)12-8-9-13(3)14(15)17/h9H,4-8,10-12H2,1-3H3,(H2,15,17). The van der Waals surface area contributed by atoms with Crippen LogP contribution in [0, 0.1) is 0 Å². The van der Waals surface area contributed by atoms with Gasteiger partial charge in [-0.15, -0.1) is 0 Å². The molecule has 0 radical (unpaired) electrons. The SMILES string of the molecule is CCCCN(CCC=C(C)C(N)=O)CCCC. The second kappa shape index (κ2) is 10.3. The van der Waals surface area contributed by atoms with Crippen LogP contribution in [0.5, 0.6) is 0 Å². The number of nitrogens with zero attached hydrogens (tertiary/aromatic N) is 1. The van der Waals surface area contributed by atoms with Crippen molar-refractivity contribution in [2.45, 2.75) is 52.9 Å². The molecule has 0 saturated heterocycles. The molecule has 0 spiro atoms. The molecule has 0 aromatic carbocycles. The third-order valence-corrected chi connectivity index (χ3v) is 2.94. The van der Waals surface area contributed by atoms with Crippen molar-refractivity contribution in [2.24, 2.45) is 5.73 Å². The molecule has 0 aromatic rings. The average Bonchev–Trinajstić information content (AvgIpc) is 2.31. The molecule has 0 rings (SSSR count). The number of hydrogen-bond donors (Lipinski definition) is 1. The van der Waals surface area contributed by atoms with Crippen LogP contribution in [0.1, 0.15) is 52.9 Å². The number of unbranched alkanes of at least 4 members (excludes halogenated alkanes) is 2. The van der Waals surface area contributed by atoms with Crippen LogP contribution < -0.4 is 5.73 Å². The van der Waals surface area contributed by atoms with E-state index in [0.717, 1.165) is 13.0 Å². The van der Waals surface area contributed by atoms with Crippen molar-refractivity contribution in [2.75, 3.05) is 19.6 Å². The lowest BCUT2D eigenvalue weighted by Crippen LogP contribution is -2.27. The fourth-order valence-corrected chi connectivity index (χ4v) is 1.66. The Hall–Kier alpha value is -0.830. The fourth-order valence-electron chi connectivity index (χ4n) is 1.66. The van der Waals surface area contributed by atoms with E-state index < -0.39 is 0 Å². The summed E-state index contributed by atoms with van der Waals surface area (Å²) in [6, 6.07) is 0. The lowest BCUT2D eigenvalue weighted by Gasteiger charge is -2.21. The van der Waals surface area contributed by atoms with Crippen molar-refractivity contribution in [1.29, 1.82) is 0 Å². The summed E-state index contributed by atoms with van der Waals surface area (Å²) in [5, 5.41) is 0. The predicted molar refractivity (Wildman–Crippen MR) is 73.8 cm³/mol. The Morgan fingerprint density at radius 2 is 1.65 bits per heavy atom. The first kappa shape index (κ1) is 16.2. The van der Waals surface area contributed by atoms with Crippen LogP contribution in [0.2, 0.25) is 0 Å². The lowest BCUT2D eigenvalue weighted by atomic mass is 10.2. The molecule has 3 nitrogen and oxygen atoms in total. The molecule has 0 aliphatic carbocycles. The van der Waals surface area contributed by atoms with Gasteiger partial charge in [0, 0.05) is 12.1 Å². The van der Waals surface area contributed by atoms with Crippen LogP contribution in [0.3, 0.4) is 0 Å². The summed E-state index contributed by atoms with van der Waals surface area (Å²) in [6.07, 6.45) is 7.84. The maximum absolute atomic E-state index is 10.9. The van der Waals surface area contributed by atoms with Crippen molar-refractivity contribution in [1.82, 2.24) is 4.90 Å². The second-order valence-electron chi connectivity index (χ2n) is 4.59. The highest BCUT2D eigenvalue weighted by molar-refractivity contribution is 5.91. The number of primary amides is 1. The maximum atomic E-state index is 10.9. The minimum atomic E-state index is -0.307. The quantitative estimate of drug-likeness (QED) is 0.597. The molecular weight excluding hydrogens is 212 g/mol. The number of hydrogen-bond acceptors (Lipinski definition) is 2. The Balaban J connectivity index is 3.96. The molecule has 17 heavy (non-hydrogen) atoms. The van der Waals surface area contributed by atoms with Gasteiger partial charge in [-0.2, -0.15) is 0 Å². The topological polar surface area (TPSA) is 46.3 Å². The van der Waals surface area contributed by atoms with Crippen molar-refractivity contribution < 1.29 is 4.79 Å². The van der Waals surface area contributed by atoms with Gasteiger partial charge < -0.3 is 10.6 Å². The highest BCUT2D eigenvalue weighted by Crippen LogP contribution is 2.02. The number of rotatable bonds is 10. The van der Waals surface area contributed by atoms with Crippen LogP contribution in [0.15, 0.2) is 11.6 Å². The summed E-state index contributed by atoms with van der Waals surface area (Å²) in [5.74, 6) is -0.307. The van der Waals surface area contributed by atoms with Crippen molar-refractivity contribution >= 4 is 5.91 Å².